The van der Waals surface area contributed by atoms with E-state index in [0.717, 1.165) is 27.0 Å². The lowest BCUT2D eigenvalue weighted by atomic mass is 10.0. The molecule has 10 heteroatoms. The number of halogens is 1. The number of ether oxygens (including phenoxy) is 1. The average Bonchev–Trinajstić information content (AvgIpc) is 2.79. The van der Waals surface area contributed by atoms with E-state index in [1.807, 2.05) is 36.4 Å². The summed E-state index contributed by atoms with van der Waals surface area (Å²) in [4.78, 5) is 29.7. The van der Waals surface area contributed by atoms with Gasteiger partial charge in [0.2, 0.25) is 5.91 Å². The molecule has 9 nitrogen and oxygen atoms in total. The van der Waals surface area contributed by atoms with Gasteiger partial charge in [0.25, 0.3) is 0 Å². The molecule has 33 heavy (non-hydrogen) atoms. The van der Waals surface area contributed by atoms with Crippen molar-refractivity contribution >= 4 is 50.8 Å². The second-order valence-electron chi connectivity index (χ2n) is 7.64. The van der Waals surface area contributed by atoms with E-state index >= 15 is 0 Å². The number of carboxylic acid groups (broad SMARTS) is 1. The first-order chi connectivity index (χ1) is 15.9. The zero-order valence-corrected chi connectivity index (χ0v) is 19.6. The van der Waals surface area contributed by atoms with Crippen LogP contribution < -0.4 is 20.7 Å². The number of anilines is 3. The van der Waals surface area contributed by atoms with Crippen LogP contribution in [0.15, 0.2) is 57.5 Å². The molecule has 1 fully saturated rings. The zero-order chi connectivity index (χ0) is 23.4. The highest BCUT2D eigenvalue weighted by Crippen LogP contribution is 2.34. The maximum absolute atomic E-state index is 12.7. The van der Waals surface area contributed by atoms with Gasteiger partial charge in [0.05, 0.1) is 18.5 Å². The predicted molar refractivity (Wildman–Crippen MR) is 131 cm³/mol. The highest BCUT2D eigenvalue weighted by molar-refractivity contribution is 9.10. The van der Waals surface area contributed by atoms with Crippen molar-refractivity contribution in [2.24, 2.45) is 4.99 Å². The van der Waals surface area contributed by atoms with Crippen molar-refractivity contribution in [1.29, 1.82) is 0 Å². The molecule has 2 aliphatic heterocycles. The zero-order valence-electron chi connectivity index (χ0n) is 18.0. The Morgan fingerprint density at radius 3 is 2.73 bits per heavy atom. The minimum Gasteiger partial charge on any atom is -0.494 e. The number of rotatable bonds is 4. The number of amidine groups is 1. The molecule has 4 rings (SSSR count). The number of piperidine rings is 1. The van der Waals surface area contributed by atoms with Gasteiger partial charge >= 0.3 is 6.09 Å². The molecule has 172 valence electrons. The van der Waals surface area contributed by atoms with Crippen molar-refractivity contribution in [2.45, 2.75) is 12.8 Å². The minimum atomic E-state index is -0.931. The van der Waals surface area contributed by atoms with Crippen molar-refractivity contribution in [1.82, 2.24) is 4.90 Å². The highest BCUT2D eigenvalue weighted by atomic mass is 79.9. The van der Waals surface area contributed by atoms with Crippen LogP contribution in [0.5, 0.6) is 5.75 Å². The number of benzene rings is 2. The number of likely N-dealkylation sites (tertiary alicyclic amines) is 1. The molecule has 0 radical (unpaired) electrons. The van der Waals surface area contributed by atoms with Gasteiger partial charge in [-0.25, -0.2) is 9.79 Å². The Kier molecular flexibility index (Phi) is 6.83. The first-order valence-electron chi connectivity index (χ1n) is 10.4. The summed E-state index contributed by atoms with van der Waals surface area (Å²) in [6, 6.07) is 11.4. The Hall–Kier alpha value is -3.53. The molecular weight excluding hydrogens is 490 g/mol. The Labute approximate surface area is 199 Å². The largest absolute Gasteiger partial charge is 0.494 e. The number of nitrogens with one attached hydrogen (secondary N) is 3. The van der Waals surface area contributed by atoms with E-state index in [1.54, 1.807) is 13.2 Å². The average molecular weight is 514 g/mol. The standard InChI is InChI=1S/C23H24BrN5O4/c1-33-20-12-18-17(22(26-13-25-18)27-16-4-2-3-15(24)10-16)11-19(20)28-21(30)9-14-5-7-29(8-6-14)23(31)32/h2-4,9-12,25H,5-8,13H2,1H3,(H,26,27)(H,28,30)(H,31,32). The Balaban J connectivity index is 1.53. The molecule has 0 saturated carbocycles. The van der Waals surface area contributed by atoms with E-state index in [1.165, 1.54) is 4.90 Å². The summed E-state index contributed by atoms with van der Waals surface area (Å²) in [5.74, 6) is 0.922. The van der Waals surface area contributed by atoms with Crippen molar-refractivity contribution < 1.29 is 19.4 Å². The summed E-state index contributed by atoms with van der Waals surface area (Å²) < 4.78 is 6.45. The second-order valence-corrected chi connectivity index (χ2v) is 8.55. The van der Waals surface area contributed by atoms with Crippen LogP contribution in [0.25, 0.3) is 0 Å². The lowest BCUT2D eigenvalue weighted by molar-refractivity contribution is -0.112. The maximum atomic E-state index is 12.7. The van der Waals surface area contributed by atoms with Gasteiger partial charge in [-0.1, -0.05) is 27.6 Å². The van der Waals surface area contributed by atoms with Crippen LogP contribution in [0, 0.1) is 0 Å². The predicted octanol–water partition coefficient (Wildman–Crippen LogP) is 4.34. The lowest BCUT2D eigenvalue weighted by Crippen LogP contribution is -2.35. The van der Waals surface area contributed by atoms with Gasteiger partial charge in [0.15, 0.2) is 0 Å². The van der Waals surface area contributed by atoms with Crippen LogP contribution in [0.1, 0.15) is 18.4 Å². The van der Waals surface area contributed by atoms with Crippen molar-refractivity contribution in [3.05, 3.63) is 58.1 Å². The van der Waals surface area contributed by atoms with Gasteiger partial charge in [0.1, 0.15) is 18.3 Å². The third-order valence-electron chi connectivity index (χ3n) is 5.46. The van der Waals surface area contributed by atoms with E-state index in [-0.39, 0.29) is 5.91 Å². The highest BCUT2D eigenvalue weighted by Gasteiger charge is 2.21. The normalized spacial score (nSPS) is 15.0. The maximum Gasteiger partial charge on any atom is 0.407 e. The molecule has 1 saturated heterocycles. The van der Waals surface area contributed by atoms with E-state index in [4.69, 9.17) is 9.84 Å². The smallest absolute Gasteiger partial charge is 0.407 e. The molecule has 4 N–H and O–H groups in total. The SMILES string of the molecule is COc1cc2c(cc1NC(=O)C=C1CCN(C(=O)O)CC1)C(Nc1cccc(Br)c1)=NCN2. The van der Waals surface area contributed by atoms with E-state index < -0.39 is 6.09 Å². The van der Waals surface area contributed by atoms with Gasteiger partial charge in [-0.3, -0.25) is 4.79 Å². The summed E-state index contributed by atoms with van der Waals surface area (Å²) in [6.45, 7) is 1.20. The Morgan fingerprint density at radius 1 is 1.24 bits per heavy atom. The number of nitrogens with zero attached hydrogens (tertiary/aromatic N) is 2. The molecule has 0 bridgehead atoms. The summed E-state index contributed by atoms with van der Waals surface area (Å²) in [5, 5.41) is 18.5. The second kappa shape index (κ2) is 9.95. The molecule has 0 unspecified atom stereocenters. The topological polar surface area (TPSA) is 115 Å². The lowest BCUT2D eigenvalue weighted by Gasteiger charge is -2.25. The molecule has 0 spiro atoms. The molecule has 0 atom stereocenters. The summed E-state index contributed by atoms with van der Waals surface area (Å²) in [6.07, 6.45) is 1.70. The number of hydrogen-bond acceptors (Lipinski definition) is 6. The van der Waals surface area contributed by atoms with Gasteiger partial charge in [-0.2, -0.15) is 0 Å². The fourth-order valence-electron chi connectivity index (χ4n) is 3.77. The number of methoxy groups -OCH3 is 1. The van der Waals surface area contributed by atoms with Crippen LogP contribution in [-0.2, 0) is 4.79 Å². The molecule has 2 aliphatic rings. The van der Waals surface area contributed by atoms with Crippen molar-refractivity contribution in [2.75, 3.05) is 42.8 Å². The Morgan fingerprint density at radius 2 is 2.03 bits per heavy atom. The van der Waals surface area contributed by atoms with Gasteiger partial charge < -0.3 is 30.7 Å². The number of carbonyl (C=O) groups is 2. The fraction of sp³-hybridized carbons (Fsp3) is 0.261. The summed E-state index contributed by atoms with van der Waals surface area (Å²) >= 11 is 3.47. The number of fused-ring (bicyclic) bond motifs is 1. The molecule has 2 aromatic rings. The van der Waals surface area contributed by atoms with Crippen LogP contribution in [0.4, 0.5) is 21.9 Å². The minimum absolute atomic E-state index is 0.283. The first-order valence-corrected chi connectivity index (χ1v) is 11.2. The van der Waals surface area contributed by atoms with Crippen LogP contribution in [0.3, 0.4) is 0 Å². The molecule has 2 heterocycles. The van der Waals surface area contributed by atoms with Crippen molar-refractivity contribution in [3.8, 4) is 5.75 Å². The third kappa shape index (κ3) is 5.46. The van der Waals surface area contributed by atoms with Crippen LogP contribution >= 0.6 is 15.9 Å². The molecule has 2 amide bonds. The summed E-state index contributed by atoms with van der Waals surface area (Å²) in [5.41, 5.74) is 3.97. The summed E-state index contributed by atoms with van der Waals surface area (Å²) in [7, 11) is 1.55. The monoisotopic (exact) mass is 513 g/mol. The molecular formula is C23H24BrN5O4. The molecule has 2 aromatic carbocycles. The van der Waals surface area contributed by atoms with Crippen LogP contribution in [0.2, 0.25) is 0 Å². The van der Waals surface area contributed by atoms with Crippen molar-refractivity contribution in [3.63, 3.8) is 0 Å². The van der Waals surface area contributed by atoms with E-state index in [0.29, 0.717) is 49.9 Å². The van der Waals surface area contributed by atoms with Gasteiger partial charge in [0, 0.05) is 41.0 Å². The molecule has 0 aromatic heterocycles. The third-order valence-corrected chi connectivity index (χ3v) is 5.95. The number of carbonyl (C=O) groups excluding carboxylic acids is 1. The molecule has 0 aliphatic carbocycles. The van der Waals surface area contributed by atoms with Gasteiger partial charge in [-0.05, 0) is 37.1 Å². The quantitative estimate of drug-likeness (QED) is 0.452. The fourth-order valence-corrected chi connectivity index (χ4v) is 4.17. The number of hydrogen-bond donors (Lipinski definition) is 4. The van der Waals surface area contributed by atoms with E-state index in [2.05, 4.69) is 36.9 Å². The number of aliphatic imine (C=N–C) groups is 1. The number of amides is 2. The van der Waals surface area contributed by atoms with Crippen LogP contribution in [-0.4, -0.2) is 54.7 Å². The Bertz CT molecular complexity index is 1140. The van der Waals surface area contributed by atoms with Gasteiger partial charge in [-0.15, -0.1) is 0 Å². The first kappa shape index (κ1) is 22.7. The van der Waals surface area contributed by atoms with E-state index in [9.17, 15) is 9.59 Å².